The van der Waals surface area contributed by atoms with E-state index in [0.29, 0.717) is 30.3 Å². The summed E-state index contributed by atoms with van der Waals surface area (Å²) in [5.74, 6) is 1.24. The van der Waals surface area contributed by atoms with Crippen LogP contribution in [-0.4, -0.2) is 19.7 Å². The van der Waals surface area contributed by atoms with Gasteiger partial charge < -0.3 is 13.9 Å². The Bertz CT molecular complexity index is 998. The Morgan fingerprint density at radius 3 is 2.67 bits per heavy atom. The highest BCUT2D eigenvalue weighted by atomic mass is 16.5. The number of ether oxygens (including phenoxy) is 2. The maximum atomic E-state index is 11.9. The summed E-state index contributed by atoms with van der Waals surface area (Å²) in [4.78, 5) is 23.4. The van der Waals surface area contributed by atoms with Gasteiger partial charge in [0.25, 0.3) is 0 Å². The maximum Gasteiger partial charge on any atom is 0.336 e. The second kappa shape index (κ2) is 9.07. The van der Waals surface area contributed by atoms with Gasteiger partial charge in [0.05, 0.1) is 13.7 Å². The van der Waals surface area contributed by atoms with E-state index in [2.05, 4.69) is 27.7 Å². The van der Waals surface area contributed by atoms with Crippen molar-refractivity contribution < 1.29 is 18.7 Å². The molecule has 1 heterocycles. The van der Waals surface area contributed by atoms with Gasteiger partial charge in [0.15, 0.2) is 0 Å². The molecule has 0 radical (unpaired) electrons. The van der Waals surface area contributed by atoms with E-state index in [-0.39, 0.29) is 22.9 Å². The lowest BCUT2D eigenvalue weighted by Gasteiger charge is -2.48. The molecule has 1 aromatic carbocycles. The number of hydrogen-bond donors (Lipinski definition) is 0. The molecule has 0 bridgehead atoms. The molecule has 162 valence electrons. The van der Waals surface area contributed by atoms with Gasteiger partial charge in [-0.25, -0.2) is 4.79 Å². The topological polar surface area (TPSA) is 65.7 Å². The van der Waals surface area contributed by atoms with Crippen molar-refractivity contribution in [2.75, 3.05) is 13.7 Å². The first-order valence-electron chi connectivity index (χ1n) is 10.6. The van der Waals surface area contributed by atoms with Crippen molar-refractivity contribution in [1.29, 1.82) is 0 Å². The predicted molar refractivity (Wildman–Crippen MR) is 118 cm³/mol. The van der Waals surface area contributed by atoms with Crippen molar-refractivity contribution in [2.24, 2.45) is 17.3 Å². The molecule has 0 saturated heterocycles. The molecule has 2 aromatic rings. The van der Waals surface area contributed by atoms with E-state index in [9.17, 15) is 9.59 Å². The number of hydrogen-bond acceptors (Lipinski definition) is 5. The molecule has 30 heavy (non-hydrogen) atoms. The van der Waals surface area contributed by atoms with E-state index in [0.717, 1.165) is 24.6 Å². The van der Waals surface area contributed by atoms with Crippen molar-refractivity contribution in [3.63, 3.8) is 0 Å². The SMILES string of the molecule is COC(=O)CCC1(C)C(=C(C)C)CCC(C)C1COc1ccc2ccc(=O)oc2c1. The summed E-state index contributed by atoms with van der Waals surface area (Å²) in [6, 6.07) is 8.75. The number of benzene rings is 1. The molecule has 1 aliphatic carbocycles. The van der Waals surface area contributed by atoms with Gasteiger partial charge in [-0.15, -0.1) is 0 Å². The zero-order valence-electron chi connectivity index (χ0n) is 18.6. The number of esters is 1. The highest BCUT2D eigenvalue weighted by molar-refractivity contribution is 5.77. The molecule has 1 aromatic heterocycles. The molecule has 5 nitrogen and oxygen atoms in total. The highest BCUT2D eigenvalue weighted by Gasteiger charge is 2.44. The second-order valence-electron chi connectivity index (χ2n) is 8.86. The predicted octanol–water partition coefficient (Wildman–Crippen LogP) is 5.51. The van der Waals surface area contributed by atoms with E-state index >= 15 is 0 Å². The van der Waals surface area contributed by atoms with Crippen LogP contribution >= 0.6 is 0 Å². The Morgan fingerprint density at radius 2 is 1.97 bits per heavy atom. The molecule has 0 amide bonds. The minimum absolute atomic E-state index is 0.131. The molecule has 1 fully saturated rings. The summed E-state index contributed by atoms with van der Waals surface area (Å²) in [6.45, 7) is 9.39. The molecule has 0 spiro atoms. The largest absolute Gasteiger partial charge is 0.493 e. The fourth-order valence-electron chi connectivity index (χ4n) is 5.00. The minimum Gasteiger partial charge on any atom is -0.493 e. The van der Waals surface area contributed by atoms with Crippen molar-refractivity contribution in [3.8, 4) is 5.75 Å². The van der Waals surface area contributed by atoms with Crippen LogP contribution in [0.15, 0.2) is 50.7 Å². The minimum atomic E-state index is -0.371. The first kappa shape index (κ1) is 22.1. The van der Waals surface area contributed by atoms with Crippen LogP contribution in [0.4, 0.5) is 0 Å². The maximum absolute atomic E-state index is 11.9. The monoisotopic (exact) mass is 412 g/mol. The van der Waals surface area contributed by atoms with Gasteiger partial charge in [-0.2, -0.15) is 0 Å². The van der Waals surface area contributed by atoms with E-state index in [4.69, 9.17) is 13.9 Å². The standard InChI is InChI=1S/C25H32O5/c1-16(2)20-10-6-17(3)21(25(20,4)13-12-23(26)28-5)15-29-19-9-7-18-8-11-24(27)30-22(18)14-19/h7-9,11,14,17,21H,6,10,12-13,15H2,1-5H3. The molecule has 3 atom stereocenters. The summed E-state index contributed by atoms with van der Waals surface area (Å²) in [7, 11) is 1.44. The van der Waals surface area contributed by atoms with E-state index in [1.807, 2.05) is 12.1 Å². The Labute approximate surface area is 178 Å². The molecule has 5 heteroatoms. The van der Waals surface area contributed by atoms with Gasteiger partial charge in [0, 0.05) is 29.9 Å². The first-order valence-corrected chi connectivity index (χ1v) is 10.6. The number of carbonyl (C=O) groups is 1. The van der Waals surface area contributed by atoms with Gasteiger partial charge in [-0.05, 0) is 62.6 Å². The highest BCUT2D eigenvalue weighted by Crippen LogP contribution is 2.52. The number of fused-ring (bicyclic) bond motifs is 1. The van der Waals surface area contributed by atoms with Crippen LogP contribution in [0.3, 0.4) is 0 Å². The summed E-state index contributed by atoms with van der Waals surface area (Å²) >= 11 is 0. The lowest BCUT2D eigenvalue weighted by Crippen LogP contribution is -2.42. The zero-order valence-corrected chi connectivity index (χ0v) is 18.6. The molecule has 3 rings (SSSR count). The van der Waals surface area contributed by atoms with E-state index < -0.39 is 0 Å². The second-order valence-corrected chi connectivity index (χ2v) is 8.86. The molecule has 3 unspecified atom stereocenters. The Hall–Kier alpha value is -2.56. The average molecular weight is 413 g/mol. The van der Waals surface area contributed by atoms with Crippen LogP contribution in [0.2, 0.25) is 0 Å². The van der Waals surface area contributed by atoms with Crippen molar-refractivity contribution in [3.05, 3.63) is 51.9 Å². The average Bonchev–Trinajstić information content (AvgIpc) is 2.71. The van der Waals surface area contributed by atoms with Crippen LogP contribution in [-0.2, 0) is 9.53 Å². The smallest absolute Gasteiger partial charge is 0.336 e. The zero-order chi connectivity index (χ0) is 21.9. The van der Waals surface area contributed by atoms with Crippen molar-refractivity contribution in [2.45, 2.75) is 53.4 Å². The third kappa shape index (κ3) is 4.61. The number of allylic oxidation sites excluding steroid dienone is 2. The first-order chi connectivity index (χ1) is 14.2. The molecule has 1 saturated carbocycles. The lowest BCUT2D eigenvalue weighted by molar-refractivity contribution is -0.141. The summed E-state index contributed by atoms with van der Waals surface area (Å²) in [5, 5.41) is 0.864. The van der Waals surface area contributed by atoms with Crippen molar-refractivity contribution in [1.82, 2.24) is 0 Å². The fourth-order valence-corrected chi connectivity index (χ4v) is 5.00. The third-order valence-corrected chi connectivity index (χ3v) is 6.75. The Kier molecular flexibility index (Phi) is 6.69. The molecular formula is C25H32O5. The van der Waals surface area contributed by atoms with Crippen LogP contribution < -0.4 is 10.4 Å². The van der Waals surface area contributed by atoms with Gasteiger partial charge in [-0.1, -0.05) is 25.0 Å². The lowest BCUT2D eigenvalue weighted by atomic mass is 9.58. The third-order valence-electron chi connectivity index (χ3n) is 6.75. The van der Waals surface area contributed by atoms with Crippen LogP contribution in [0, 0.1) is 17.3 Å². The molecule has 0 aliphatic heterocycles. The fraction of sp³-hybridized carbons (Fsp3) is 0.520. The molecule has 0 N–H and O–H groups in total. The molecular weight excluding hydrogens is 380 g/mol. The van der Waals surface area contributed by atoms with Gasteiger partial charge in [0.1, 0.15) is 11.3 Å². The normalized spacial score (nSPS) is 24.0. The van der Waals surface area contributed by atoms with Crippen LogP contribution in [0.5, 0.6) is 5.75 Å². The Balaban J connectivity index is 1.85. The quantitative estimate of drug-likeness (QED) is 0.355. The van der Waals surface area contributed by atoms with Crippen LogP contribution in [0.1, 0.15) is 53.4 Å². The van der Waals surface area contributed by atoms with Crippen LogP contribution in [0.25, 0.3) is 11.0 Å². The van der Waals surface area contributed by atoms with E-state index in [1.165, 1.54) is 24.3 Å². The number of rotatable bonds is 6. The van der Waals surface area contributed by atoms with Gasteiger partial charge in [0.2, 0.25) is 0 Å². The summed E-state index contributed by atoms with van der Waals surface area (Å²) in [6.07, 6.45) is 3.30. The summed E-state index contributed by atoms with van der Waals surface area (Å²) < 4.78 is 16.4. The number of carbonyl (C=O) groups excluding carboxylic acids is 1. The van der Waals surface area contributed by atoms with E-state index in [1.54, 1.807) is 12.1 Å². The van der Waals surface area contributed by atoms with Gasteiger partial charge in [-0.3, -0.25) is 4.79 Å². The molecule has 1 aliphatic rings. The number of methoxy groups -OCH3 is 1. The Morgan fingerprint density at radius 1 is 1.23 bits per heavy atom. The summed E-state index contributed by atoms with van der Waals surface area (Å²) in [5.41, 5.74) is 2.78. The van der Waals surface area contributed by atoms with Crippen molar-refractivity contribution >= 4 is 16.9 Å². The van der Waals surface area contributed by atoms with Gasteiger partial charge >= 0.3 is 11.6 Å².